The molecule has 1 N–H and O–H groups in total. The van der Waals surface area contributed by atoms with Gasteiger partial charge in [-0.05, 0) is 30.9 Å². The zero-order valence-corrected chi connectivity index (χ0v) is 12.1. The Morgan fingerprint density at radius 3 is 2.79 bits per heavy atom. The lowest BCUT2D eigenvalue weighted by Gasteiger charge is -2.32. The predicted octanol–water partition coefficient (Wildman–Crippen LogP) is 2.35. The van der Waals surface area contributed by atoms with Gasteiger partial charge in [0.2, 0.25) is 5.91 Å². The maximum Gasteiger partial charge on any atom is 0.240 e. The molecule has 0 spiro atoms. The van der Waals surface area contributed by atoms with Crippen LogP contribution in [-0.4, -0.2) is 29.9 Å². The maximum absolute atomic E-state index is 12.5. The summed E-state index contributed by atoms with van der Waals surface area (Å²) in [7, 11) is 1.92. The first-order valence-corrected chi connectivity index (χ1v) is 7.20. The molecule has 0 aliphatic carbocycles. The lowest BCUT2D eigenvalue weighted by atomic mass is 9.95. The lowest BCUT2D eigenvalue weighted by molar-refractivity contribution is -0.134. The monoisotopic (exact) mass is 260 g/mol. The zero-order valence-electron chi connectivity index (χ0n) is 12.1. The first-order valence-electron chi connectivity index (χ1n) is 7.20. The molecule has 1 amide bonds. The number of carbonyl (C=O) groups excluding carboxylic acids is 1. The summed E-state index contributed by atoms with van der Waals surface area (Å²) in [6.45, 7) is 5.07. The summed E-state index contributed by atoms with van der Waals surface area (Å²) in [5, 5.41) is 3.36. The van der Waals surface area contributed by atoms with Crippen LogP contribution in [-0.2, 0) is 17.8 Å². The van der Waals surface area contributed by atoms with Gasteiger partial charge in [0.1, 0.15) is 0 Å². The van der Waals surface area contributed by atoms with E-state index in [1.54, 1.807) is 0 Å². The fraction of sp³-hybridized carbons (Fsp3) is 0.562. The van der Waals surface area contributed by atoms with E-state index in [0.29, 0.717) is 6.04 Å². The number of fused-ring (bicyclic) bond motifs is 1. The van der Waals surface area contributed by atoms with Gasteiger partial charge in [-0.15, -0.1) is 0 Å². The molecule has 1 aromatic carbocycles. The molecule has 0 radical (unpaired) electrons. The quantitative estimate of drug-likeness (QED) is 0.901. The Bertz CT molecular complexity index is 444. The number of likely N-dealkylation sites (N-methyl/N-ethyl adjacent to an activating group) is 1. The summed E-state index contributed by atoms with van der Waals surface area (Å²) in [6.07, 6.45) is 2.98. The number of nitrogens with one attached hydrogen (secondary N) is 1. The minimum Gasteiger partial charge on any atom is -0.342 e. The fourth-order valence-corrected chi connectivity index (χ4v) is 2.70. The number of amides is 1. The molecule has 19 heavy (non-hydrogen) atoms. The van der Waals surface area contributed by atoms with Crippen LogP contribution in [0.1, 0.15) is 37.8 Å². The molecule has 1 aromatic rings. The van der Waals surface area contributed by atoms with Crippen LogP contribution in [0, 0.1) is 0 Å². The average Bonchev–Trinajstić information content (AvgIpc) is 2.45. The van der Waals surface area contributed by atoms with Gasteiger partial charge in [-0.2, -0.15) is 0 Å². The van der Waals surface area contributed by atoms with Gasteiger partial charge in [-0.25, -0.2) is 0 Å². The molecule has 0 saturated heterocycles. The molecule has 0 fully saturated rings. The highest BCUT2D eigenvalue weighted by atomic mass is 16.2. The maximum atomic E-state index is 12.5. The standard InChI is InChI=1S/C16H24N2O/c1-4-7-12(2)18(3)16(19)15-10-13-8-5-6-9-14(13)11-17-15/h5-6,8-9,12,15,17H,4,7,10-11H2,1-3H3. The van der Waals surface area contributed by atoms with E-state index in [2.05, 4.69) is 43.4 Å². The topological polar surface area (TPSA) is 32.3 Å². The van der Waals surface area contributed by atoms with E-state index < -0.39 is 0 Å². The van der Waals surface area contributed by atoms with Crippen molar-refractivity contribution in [2.24, 2.45) is 0 Å². The Hall–Kier alpha value is -1.35. The summed E-state index contributed by atoms with van der Waals surface area (Å²) in [5.41, 5.74) is 2.62. The smallest absolute Gasteiger partial charge is 0.240 e. The molecule has 0 bridgehead atoms. The van der Waals surface area contributed by atoms with Gasteiger partial charge in [-0.3, -0.25) is 4.79 Å². The molecule has 2 atom stereocenters. The summed E-state index contributed by atoms with van der Waals surface area (Å²) in [5.74, 6) is 0.218. The molecule has 3 heteroatoms. The summed E-state index contributed by atoms with van der Waals surface area (Å²) >= 11 is 0. The van der Waals surface area contributed by atoms with Crippen molar-refractivity contribution < 1.29 is 4.79 Å². The minimum atomic E-state index is -0.0702. The van der Waals surface area contributed by atoms with E-state index in [1.807, 2.05) is 11.9 Å². The van der Waals surface area contributed by atoms with Crippen molar-refractivity contribution in [1.82, 2.24) is 10.2 Å². The van der Waals surface area contributed by atoms with Gasteiger partial charge < -0.3 is 10.2 Å². The number of hydrogen-bond donors (Lipinski definition) is 1. The van der Waals surface area contributed by atoms with Crippen LogP contribution in [0.25, 0.3) is 0 Å². The van der Waals surface area contributed by atoms with Gasteiger partial charge >= 0.3 is 0 Å². The largest absolute Gasteiger partial charge is 0.342 e. The normalized spacial score (nSPS) is 19.6. The van der Waals surface area contributed by atoms with Crippen LogP contribution in [0.5, 0.6) is 0 Å². The van der Waals surface area contributed by atoms with Crippen LogP contribution in [0.15, 0.2) is 24.3 Å². The van der Waals surface area contributed by atoms with Crippen LogP contribution in [0.4, 0.5) is 0 Å². The van der Waals surface area contributed by atoms with E-state index in [0.717, 1.165) is 25.8 Å². The Balaban J connectivity index is 2.02. The predicted molar refractivity (Wildman–Crippen MR) is 77.9 cm³/mol. The van der Waals surface area contributed by atoms with Crippen LogP contribution < -0.4 is 5.32 Å². The summed E-state index contributed by atoms with van der Waals surface area (Å²) < 4.78 is 0. The van der Waals surface area contributed by atoms with E-state index in [-0.39, 0.29) is 11.9 Å². The van der Waals surface area contributed by atoms with Gasteiger partial charge in [0, 0.05) is 19.6 Å². The molecule has 0 aromatic heterocycles. The second-order valence-corrected chi connectivity index (χ2v) is 5.49. The van der Waals surface area contributed by atoms with E-state index in [9.17, 15) is 4.79 Å². The van der Waals surface area contributed by atoms with Gasteiger partial charge in [0.05, 0.1) is 6.04 Å². The number of rotatable bonds is 4. The van der Waals surface area contributed by atoms with Crippen LogP contribution in [0.2, 0.25) is 0 Å². The Kier molecular flexibility index (Phi) is 4.59. The second-order valence-electron chi connectivity index (χ2n) is 5.49. The van der Waals surface area contributed by atoms with E-state index >= 15 is 0 Å². The van der Waals surface area contributed by atoms with Crippen molar-refractivity contribution in [1.29, 1.82) is 0 Å². The first-order chi connectivity index (χ1) is 9.13. The highest BCUT2D eigenvalue weighted by Crippen LogP contribution is 2.18. The number of benzene rings is 1. The van der Waals surface area contributed by atoms with Crippen molar-refractivity contribution in [3.8, 4) is 0 Å². The lowest BCUT2D eigenvalue weighted by Crippen LogP contribution is -2.50. The molecule has 104 valence electrons. The summed E-state index contributed by atoms with van der Waals surface area (Å²) in [4.78, 5) is 14.4. The van der Waals surface area contributed by atoms with Crippen molar-refractivity contribution in [2.75, 3.05) is 7.05 Å². The third-order valence-corrected chi connectivity index (χ3v) is 4.09. The Labute approximate surface area is 116 Å². The molecular weight excluding hydrogens is 236 g/mol. The van der Waals surface area contributed by atoms with Gasteiger partial charge in [-0.1, -0.05) is 37.6 Å². The highest BCUT2D eigenvalue weighted by molar-refractivity contribution is 5.82. The average molecular weight is 260 g/mol. The molecule has 1 aliphatic heterocycles. The molecule has 2 rings (SSSR count). The van der Waals surface area contributed by atoms with Gasteiger partial charge in [0.15, 0.2) is 0 Å². The third kappa shape index (κ3) is 3.16. The number of nitrogens with zero attached hydrogens (tertiary/aromatic N) is 1. The highest BCUT2D eigenvalue weighted by Gasteiger charge is 2.27. The second kappa shape index (κ2) is 6.20. The van der Waals surface area contributed by atoms with Crippen molar-refractivity contribution in [3.05, 3.63) is 35.4 Å². The van der Waals surface area contributed by atoms with Crippen molar-refractivity contribution in [3.63, 3.8) is 0 Å². The zero-order chi connectivity index (χ0) is 13.8. The van der Waals surface area contributed by atoms with E-state index in [4.69, 9.17) is 0 Å². The Morgan fingerprint density at radius 1 is 1.42 bits per heavy atom. The molecule has 1 heterocycles. The molecule has 2 unspecified atom stereocenters. The van der Waals surface area contributed by atoms with Crippen LogP contribution in [0.3, 0.4) is 0 Å². The Morgan fingerprint density at radius 2 is 2.11 bits per heavy atom. The van der Waals surface area contributed by atoms with Gasteiger partial charge in [0.25, 0.3) is 0 Å². The van der Waals surface area contributed by atoms with E-state index in [1.165, 1.54) is 11.1 Å². The van der Waals surface area contributed by atoms with Crippen LogP contribution >= 0.6 is 0 Å². The molecule has 3 nitrogen and oxygen atoms in total. The molecule has 0 saturated carbocycles. The van der Waals surface area contributed by atoms with Crippen molar-refractivity contribution >= 4 is 5.91 Å². The summed E-state index contributed by atoms with van der Waals surface area (Å²) in [6, 6.07) is 8.61. The third-order valence-electron chi connectivity index (χ3n) is 4.09. The minimum absolute atomic E-state index is 0.0702. The van der Waals surface area contributed by atoms with Crippen molar-refractivity contribution in [2.45, 2.75) is 51.7 Å². The molecule has 1 aliphatic rings. The SMILES string of the molecule is CCCC(C)N(C)C(=O)C1Cc2ccccc2CN1. The number of carbonyl (C=O) groups is 1. The fourth-order valence-electron chi connectivity index (χ4n) is 2.70. The first kappa shape index (κ1) is 14.1. The molecular formula is C16H24N2O. The number of hydrogen-bond acceptors (Lipinski definition) is 2.